The van der Waals surface area contributed by atoms with Gasteiger partial charge in [0.25, 0.3) is 0 Å². The fourth-order valence-electron chi connectivity index (χ4n) is 3.03. The van der Waals surface area contributed by atoms with E-state index >= 15 is 0 Å². The van der Waals surface area contributed by atoms with E-state index < -0.39 is 5.60 Å². The lowest BCUT2D eigenvalue weighted by molar-refractivity contribution is -0.0540. The molecule has 2 unspecified atom stereocenters. The fraction of sp³-hybridized carbons (Fsp3) is 0.615. The molecular formula is C13H18FN3O. The molecule has 0 spiro atoms. The van der Waals surface area contributed by atoms with Crippen LogP contribution in [0.25, 0.3) is 0 Å². The Morgan fingerprint density at radius 3 is 3.22 bits per heavy atom. The molecule has 5 heteroatoms. The third kappa shape index (κ3) is 1.97. The lowest BCUT2D eigenvalue weighted by Gasteiger charge is -2.47. The molecule has 0 aliphatic carbocycles. The standard InChI is InChI=1S/C13H18FN3O/c14-11-2-1-5-16-12(11)17-7-4-13(18)3-6-15-8-10(13)9-17/h1-2,5,10,15,18H,3-4,6-9H2. The molecule has 0 radical (unpaired) electrons. The molecule has 3 rings (SSSR count). The summed E-state index contributed by atoms with van der Waals surface area (Å²) in [5.41, 5.74) is -0.576. The van der Waals surface area contributed by atoms with Gasteiger partial charge in [-0.15, -0.1) is 0 Å². The topological polar surface area (TPSA) is 48.4 Å². The van der Waals surface area contributed by atoms with Crippen LogP contribution in [0.3, 0.4) is 0 Å². The SMILES string of the molecule is OC12CCNCC1CN(c1ncccc1F)CC2. The highest BCUT2D eigenvalue weighted by molar-refractivity contribution is 5.40. The van der Waals surface area contributed by atoms with E-state index in [9.17, 15) is 9.50 Å². The number of piperidine rings is 2. The third-order valence-corrected chi connectivity index (χ3v) is 4.18. The van der Waals surface area contributed by atoms with Gasteiger partial charge in [-0.3, -0.25) is 0 Å². The molecule has 0 amide bonds. The van der Waals surface area contributed by atoms with Gasteiger partial charge in [-0.05, 0) is 31.5 Å². The molecule has 1 aromatic rings. The molecule has 2 aliphatic rings. The van der Waals surface area contributed by atoms with Crippen LogP contribution in [0.15, 0.2) is 18.3 Å². The van der Waals surface area contributed by atoms with Gasteiger partial charge in [0, 0.05) is 31.7 Å². The number of fused-ring (bicyclic) bond motifs is 1. The van der Waals surface area contributed by atoms with Gasteiger partial charge in [0.05, 0.1) is 5.60 Å². The monoisotopic (exact) mass is 251 g/mol. The van der Waals surface area contributed by atoms with E-state index in [-0.39, 0.29) is 11.7 Å². The van der Waals surface area contributed by atoms with Crippen molar-refractivity contribution in [3.63, 3.8) is 0 Å². The molecule has 2 aliphatic heterocycles. The second-order valence-corrected chi connectivity index (χ2v) is 5.26. The van der Waals surface area contributed by atoms with E-state index in [2.05, 4.69) is 10.3 Å². The first-order chi connectivity index (χ1) is 8.69. The minimum absolute atomic E-state index is 0.154. The van der Waals surface area contributed by atoms with Crippen molar-refractivity contribution in [1.29, 1.82) is 0 Å². The van der Waals surface area contributed by atoms with Gasteiger partial charge < -0.3 is 15.3 Å². The molecule has 2 N–H and O–H groups in total. The molecule has 2 saturated heterocycles. The van der Waals surface area contributed by atoms with Gasteiger partial charge in [0.1, 0.15) is 0 Å². The maximum absolute atomic E-state index is 13.7. The van der Waals surface area contributed by atoms with Crippen molar-refractivity contribution in [2.75, 3.05) is 31.1 Å². The largest absolute Gasteiger partial charge is 0.389 e. The molecular weight excluding hydrogens is 233 g/mol. The van der Waals surface area contributed by atoms with Crippen molar-refractivity contribution in [3.8, 4) is 0 Å². The fourth-order valence-corrected chi connectivity index (χ4v) is 3.03. The zero-order chi connectivity index (χ0) is 12.6. The van der Waals surface area contributed by atoms with E-state index in [0.717, 1.165) is 19.5 Å². The van der Waals surface area contributed by atoms with E-state index in [1.807, 2.05) is 4.90 Å². The van der Waals surface area contributed by atoms with Gasteiger partial charge in [0.2, 0.25) is 0 Å². The first-order valence-corrected chi connectivity index (χ1v) is 6.48. The quantitative estimate of drug-likeness (QED) is 0.774. The highest BCUT2D eigenvalue weighted by Gasteiger charge is 2.43. The average molecular weight is 251 g/mol. The zero-order valence-electron chi connectivity index (χ0n) is 10.3. The van der Waals surface area contributed by atoms with Gasteiger partial charge in [-0.25, -0.2) is 9.37 Å². The first kappa shape index (κ1) is 11.9. The van der Waals surface area contributed by atoms with E-state index in [1.54, 1.807) is 12.3 Å². The van der Waals surface area contributed by atoms with Gasteiger partial charge in [0.15, 0.2) is 11.6 Å². The summed E-state index contributed by atoms with van der Waals surface area (Å²) in [6.45, 7) is 2.99. The number of aromatic nitrogens is 1. The second-order valence-electron chi connectivity index (χ2n) is 5.26. The Balaban J connectivity index is 1.80. The van der Waals surface area contributed by atoms with Crippen molar-refractivity contribution < 1.29 is 9.50 Å². The number of halogens is 1. The molecule has 1 aromatic heterocycles. The predicted molar refractivity (Wildman–Crippen MR) is 67.0 cm³/mol. The van der Waals surface area contributed by atoms with Gasteiger partial charge >= 0.3 is 0 Å². The molecule has 0 bridgehead atoms. The summed E-state index contributed by atoms with van der Waals surface area (Å²) in [7, 11) is 0. The third-order valence-electron chi connectivity index (χ3n) is 4.18. The molecule has 3 heterocycles. The van der Waals surface area contributed by atoms with Crippen LogP contribution in [0, 0.1) is 11.7 Å². The normalized spacial score (nSPS) is 32.1. The maximum atomic E-state index is 13.7. The van der Waals surface area contributed by atoms with Crippen LogP contribution in [-0.4, -0.2) is 41.9 Å². The minimum Gasteiger partial charge on any atom is -0.389 e. The number of nitrogens with one attached hydrogen (secondary N) is 1. The Hall–Kier alpha value is -1.20. The molecule has 4 nitrogen and oxygen atoms in total. The van der Waals surface area contributed by atoms with E-state index in [1.165, 1.54) is 6.07 Å². The number of anilines is 1. The van der Waals surface area contributed by atoms with Crippen molar-refractivity contribution in [3.05, 3.63) is 24.1 Å². The van der Waals surface area contributed by atoms with Crippen molar-refractivity contribution in [2.45, 2.75) is 18.4 Å². The molecule has 2 fully saturated rings. The minimum atomic E-state index is -0.576. The Kier molecular flexibility index (Phi) is 2.95. The van der Waals surface area contributed by atoms with Crippen molar-refractivity contribution in [2.24, 2.45) is 5.92 Å². The first-order valence-electron chi connectivity index (χ1n) is 6.48. The lowest BCUT2D eigenvalue weighted by Crippen LogP contribution is -2.59. The number of pyridine rings is 1. The average Bonchev–Trinajstić information content (AvgIpc) is 2.38. The summed E-state index contributed by atoms with van der Waals surface area (Å²) in [6, 6.07) is 3.03. The second kappa shape index (κ2) is 4.48. The lowest BCUT2D eigenvalue weighted by atomic mass is 9.76. The summed E-state index contributed by atoms with van der Waals surface area (Å²) < 4.78 is 13.7. The smallest absolute Gasteiger partial charge is 0.165 e. The Bertz CT molecular complexity index is 442. The molecule has 0 aromatic carbocycles. The number of rotatable bonds is 1. The molecule has 98 valence electrons. The summed E-state index contributed by atoms with van der Waals surface area (Å²) in [6.07, 6.45) is 3.09. The molecule has 18 heavy (non-hydrogen) atoms. The zero-order valence-corrected chi connectivity index (χ0v) is 10.3. The summed E-state index contributed by atoms with van der Waals surface area (Å²) in [5, 5.41) is 13.8. The van der Waals surface area contributed by atoms with Gasteiger partial charge in [-0.1, -0.05) is 0 Å². The van der Waals surface area contributed by atoms with Gasteiger partial charge in [-0.2, -0.15) is 0 Å². The predicted octanol–water partition coefficient (Wildman–Crippen LogP) is 0.771. The Morgan fingerprint density at radius 1 is 1.50 bits per heavy atom. The van der Waals surface area contributed by atoms with Crippen LogP contribution < -0.4 is 10.2 Å². The highest BCUT2D eigenvalue weighted by atomic mass is 19.1. The summed E-state index contributed by atoms with van der Waals surface area (Å²) in [4.78, 5) is 6.06. The number of hydrogen-bond donors (Lipinski definition) is 2. The Labute approximate surface area is 106 Å². The van der Waals surface area contributed by atoms with E-state index in [4.69, 9.17) is 0 Å². The van der Waals surface area contributed by atoms with Crippen LogP contribution in [0.1, 0.15) is 12.8 Å². The van der Waals surface area contributed by atoms with Crippen LogP contribution in [-0.2, 0) is 0 Å². The maximum Gasteiger partial charge on any atom is 0.165 e. The molecule has 2 atom stereocenters. The van der Waals surface area contributed by atoms with Crippen LogP contribution in [0.5, 0.6) is 0 Å². The Morgan fingerprint density at radius 2 is 2.39 bits per heavy atom. The number of hydrogen-bond acceptors (Lipinski definition) is 4. The summed E-state index contributed by atoms with van der Waals surface area (Å²) >= 11 is 0. The van der Waals surface area contributed by atoms with Crippen LogP contribution >= 0.6 is 0 Å². The van der Waals surface area contributed by atoms with Crippen LogP contribution in [0.2, 0.25) is 0 Å². The molecule has 0 saturated carbocycles. The van der Waals surface area contributed by atoms with Crippen molar-refractivity contribution >= 4 is 5.82 Å². The van der Waals surface area contributed by atoms with E-state index in [0.29, 0.717) is 25.3 Å². The number of nitrogens with zero attached hydrogens (tertiary/aromatic N) is 2. The highest BCUT2D eigenvalue weighted by Crippen LogP contribution is 2.34. The summed E-state index contributed by atoms with van der Waals surface area (Å²) in [5.74, 6) is 0.276. The van der Waals surface area contributed by atoms with Crippen LogP contribution in [0.4, 0.5) is 10.2 Å². The number of aliphatic hydroxyl groups is 1. The van der Waals surface area contributed by atoms with Crippen molar-refractivity contribution in [1.82, 2.24) is 10.3 Å².